The van der Waals surface area contributed by atoms with Crippen molar-refractivity contribution in [2.24, 2.45) is 0 Å². The summed E-state index contributed by atoms with van der Waals surface area (Å²) in [4.78, 5) is 0. The molecule has 4 aromatic rings. The molecule has 36 heavy (non-hydrogen) atoms. The second-order valence-corrected chi connectivity index (χ2v) is 10.1. The molecular formula is C32H38N4. The molecule has 0 fully saturated rings. The van der Waals surface area contributed by atoms with Gasteiger partial charge in [0.05, 0.1) is 22.7 Å². The smallest absolute Gasteiger partial charge is 0.0881 e. The number of nitrogen functional groups attached to an aromatic ring is 1. The van der Waals surface area contributed by atoms with Gasteiger partial charge in [-0.15, -0.1) is 0 Å². The number of aryl methyl sites for hydroxylation is 6. The Kier molecular flexibility index (Phi) is 6.98. The number of nitrogens with two attached hydrogens (primary N) is 1. The molecule has 4 nitrogen and oxygen atoms in total. The number of hydrogen-bond donors (Lipinski definition) is 4. The molecule has 0 aliphatic rings. The van der Waals surface area contributed by atoms with E-state index in [2.05, 4.69) is 126 Å². The Morgan fingerprint density at radius 1 is 0.472 bits per heavy atom. The first-order chi connectivity index (χ1) is 17.1. The Morgan fingerprint density at radius 3 is 1.72 bits per heavy atom. The van der Waals surface area contributed by atoms with Gasteiger partial charge < -0.3 is 21.7 Å². The summed E-state index contributed by atoms with van der Waals surface area (Å²) < 4.78 is 0. The Morgan fingerprint density at radius 2 is 1.06 bits per heavy atom. The highest BCUT2D eigenvalue weighted by molar-refractivity contribution is 5.99. The van der Waals surface area contributed by atoms with E-state index in [0.717, 1.165) is 45.3 Å². The zero-order chi connectivity index (χ0) is 26.1. The molecule has 0 saturated carbocycles. The Bertz CT molecular complexity index is 1430. The molecule has 0 bridgehead atoms. The number of benzene rings is 4. The maximum absolute atomic E-state index is 6.99. The third-order valence-electron chi connectivity index (χ3n) is 7.13. The van der Waals surface area contributed by atoms with E-state index in [1.165, 1.54) is 33.4 Å². The van der Waals surface area contributed by atoms with Gasteiger partial charge in [0.15, 0.2) is 0 Å². The van der Waals surface area contributed by atoms with Gasteiger partial charge in [-0.05, 0) is 106 Å². The zero-order valence-electron chi connectivity index (χ0n) is 22.8. The van der Waals surface area contributed by atoms with Crippen molar-refractivity contribution in [2.75, 3.05) is 21.7 Å². The lowest BCUT2D eigenvalue weighted by Crippen LogP contribution is -2.10. The summed E-state index contributed by atoms with van der Waals surface area (Å²) in [5, 5.41) is 11.1. The Labute approximate surface area is 216 Å². The van der Waals surface area contributed by atoms with Gasteiger partial charge in [0.2, 0.25) is 0 Å². The van der Waals surface area contributed by atoms with Crippen molar-refractivity contribution in [3.63, 3.8) is 0 Å². The average molecular weight is 479 g/mol. The monoisotopic (exact) mass is 478 g/mol. The third-order valence-corrected chi connectivity index (χ3v) is 7.13. The van der Waals surface area contributed by atoms with Crippen molar-refractivity contribution in [1.29, 1.82) is 0 Å². The topological polar surface area (TPSA) is 62.1 Å². The van der Waals surface area contributed by atoms with Crippen LogP contribution < -0.4 is 21.7 Å². The van der Waals surface area contributed by atoms with Gasteiger partial charge in [0.25, 0.3) is 0 Å². The summed E-state index contributed by atoms with van der Waals surface area (Å²) in [5.41, 5.74) is 23.1. The highest BCUT2D eigenvalue weighted by atomic mass is 15.0. The normalized spacial score (nSPS) is 10.9. The molecule has 0 aliphatic carbocycles. The van der Waals surface area contributed by atoms with Crippen LogP contribution in [-0.4, -0.2) is 0 Å². The van der Waals surface area contributed by atoms with Gasteiger partial charge in [-0.1, -0.05) is 48.0 Å². The molecule has 0 amide bonds. The SMILES string of the molecule is Cc1ccc(Nc2c(C)c(C)c(Nc3cc(C)ccc3C)c(Nc3c(C)cccc3C)c2N)c(C)c1. The van der Waals surface area contributed by atoms with Crippen LogP contribution in [0.5, 0.6) is 0 Å². The molecule has 0 radical (unpaired) electrons. The number of hydrogen-bond acceptors (Lipinski definition) is 4. The van der Waals surface area contributed by atoms with Crippen LogP contribution in [0.1, 0.15) is 44.5 Å². The second kappa shape index (κ2) is 9.98. The summed E-state index contributed by atoms with van der Waals surface area (Å²) in [7, 11) is 0. The van der Waals surface area contributed by atoms with Crippen LogP contribution in [0, 0.1) is 55.4 Å². The van der Waals surface area contributed by atoms with Crippen LogP contribution >= 0.6 is 0 Å². The molecule has 5 N–H and O–H groups in total. The van der Waals surface area contributed by atoms with Crippen LogP contribution in [-0.2, 0) is 0 Å². The molecular weight excluding hydrogens is 440 g/mol. The molecule has 4 aromatic carbocycles. The molecule has 0 saturated heterocycles. The number of nitrogens with one attached hydrogen (secondary N) is 3. The molecule has 0 aliphatic heterocycles. The largest absolute Gasteiger partial charge is 0.395 e. The minimum atomic E-state index is 0.688. The number of rotatable bonds is 6. The Balaban J connectivity index is 1.92. The van der Waals surface area contributed by atoms with E-state index in [0.29, 0.717) is 5.69 Å². The molecule has 4 heteroatoms. The van der Waals surface area contributed by atoms with E-state index in [4.69, 9.17) is 5.73 Å². The lowest BCUT2D eigenvalue weighted by atomic mass is 9.99. The number of para-hydroxylation sites is 1. The summed E-state index contributed by atoms with van der Waals surface area (Å²) in [6.07, 6.45) is 0. The predicted octanol–water partition coefficient (Wildman–Crippen LogP) is 8.97. The van der Waals surface area contributed by atoms with Gasteiger partial charge in [-0.3, -0.25) is 0 Å². The lowest BCUT2D eigenvalue weighted by Gasteiger charge is -2.26. The van der Waals surface area contributed by atoms with Crippen LogP contribution in [0.15, 0.2) is 54.6 Å². The third kappa shape index (κ3) is 4.90. The first-order valence-corrected chi connectivity index (χ1v) is 12.5. The fourth-order valence-electron chi connectivity index (χ4n) is 4.70. The maximum atomic E-state index is 6.99. The van der Waals surface area contributed by atoms with Crippen LogP contribution in [0.2, 0.25) is 0 Å². The van der Waals surface area contributed by atoms with Crippen molar-refractivity contribution in [3.8, 4) is 0 Å². The molecule has 0 spiro atoms. The van der Waals surface area contributed by atoms with E-state index in [1.807, 2.05) is 0 Å². The highest BCUT2D eigenvalue weighted by Crippen LogP contribution is 2.46. The predicted molar refractivity (Wildman–Crippen MR) is 158 cm³/mol. The molecule has 0 unspecified atom stereocenters. The van der Waals surface area contributed by atoms with Gasteiger partial charge in [0.1, 0.15) is 0 Å². The van der Waals surface area contributed by atoms with Gasteiger partial charge in [-0.25, -0.2) is 0 Å². The minimum absolute atomic E-state index is 0.688. The molecule has 186 valence electrons. The van der Waals surface area contributed by atoms with Gasteiger partial charge in [0, 0.05) is 17.1 Å². The Hall–Kier alpha value is -3.92. The van der Waals surface area contributed by atoms with Crippen LogP contribution in [0.4, 0.5) is 39.8 Å². The summed E-state index contributed by atoms with van der Waals surface area (Å²) >= 11 is 0. The van der Waals surface area contributed by atoms with Crippen LogP contribution in [0.3, 0.4) is 0 Å². The first kappa shape index (κ1) is 25.2. The van der Waals surface area contributed by atoms with Crippen molar-refractivity contribution in [1.82, 2.24) is 0 Å². The van der Waals surface area contributed by atoms with E-state index >= 15 is 0 Å². The number of anilines is 7. The lowest BCUT2D eigenvalue weighted by molar-refractivity contribution is 1.29. The maximum Gasteiger partial charge on any atom is 0.0881 e. The van der Waals surface area contributed by atoms with E-state index < -0.39 is 0 Å². The van der Waals surface area contributed by atoms with Crippen LogP contribution in [0.25, 0.3) is 0 Å². The fraction of sp³-hybridized carbons (Fsp3) is 0.250. The second-order valence-electron chi connectivity index (χ2n) is 10.1. The average Bonchev–Trinajstić information content (AvgIpc) is 2.82. The van der Waals surface area contributed by atoms with E-state index in [-0.39, 0.29) is 0 Å². The summed E-state index contributed by atoms with van der Waals surface area (Å²) in [6, 6.07) is 19.2. The minimum Gasteiger partial charge on any atom is -0.395 e. The first-order valence-electron chi connectivity index (χ1n) is 12.5. The molecule has 4 rings (SSSR count). The molecule has 0 heterocycles. The van der Waals surface area contributed by atoms with E-state index in [9.17, 15) is 0 Å². The summed E-state index contributed by atoms with van der Waals surface area (Å²) in [5.74, 6) is 0. The standard InChI is InChI=1S/C32H38N4/c1-18-13-15-26(23(6)16-18)34-30-24(7)25(8)31(35-27-17-19(2)12-14-20(27)3)32(28(30)33)36-29-21(4)10-9-11-22(29)5/h9-17,34-36H,33H2,1-8H3. The van der Waals surface area contributed by atoms with Crippen molar-refractivity contribution in [2.45, 2.75) is 55.4 Å². The van der Waals surface area contributed by atoms with Crippen molar-refractivity contribution in [3.05, 3.63) is 99.1 Å². The zero-order valence-corrected chi connectivity index (χ0v) is 22.8. The highest BCUT2D eigenvalue weighted by Gasteiger charge is 2.21. The van der Waals surface area contributed by atoms with Crippen molar-refractivity contribution >= 4 is 39.8 Å². The summed E-state index contributed by atoms with van der Waals surface area (Å²) in [6.45, 7) is 17.0. The quantitative estimate of drug-likeness (QED) is 0.209. The molecule has 0 aromatic heterocycles. The van der Waals surface area contributed by atoms with Gasteiger partial charge in [-0.2, -0.15) is 0 Å². The molecule has 0 atom stereocenters. The van der Waals surface area contributed by atoms with Crippen molar-refractivity contribution < 1.29 is 0 Å². The van der Waals surface area contributed by atoms with Gasteiger partial charge >= 0.3 is 0 Å². The fourth-order valence-corrected chi connectivity index (χ4v) is 4.70. The van der Waals surface area contributed by atoms with E-state index in [1.54, 1.807) is 0 Å².